The SMILES string of the molecule is [B]CNC(=O)CNC(=O)C1(NC(=O)[C@@H](NC(=O)CCCCCNC(=O)c2cnc(=O)[nH]c2)C(C)C)CCN(C)CC1. The fraction of sp³-hybridized carbons (Fsp3) is 0.654. The molecule has 0 unspecified atom stereocenters. The molecule has 0 spiro atoms. The fourth-order valence-electron chi connectivity index (χ4n) is 4.37. The minimum atomic E-state index is -1.21. The molecule has 14 nitrogen and oxygen atoms in total. The Hall–Kier alpha value is -3.75. The molecule has 1 aliphatic heterocycles. The summed E-state index contributed by atoms with van der Waals surface area (Å²) in [6.45, 7) is 4.90. The van der Waals surface area contributed by atoms with Crippen LogP contribution in [0.5, 0.6) is 0 Å². The van der Waals surface area contributed by atoms with Gasteiger partial charge in [-0.2, -0.15) is 0 Å². The second-order valence-corrected chi connectivity index (χ2v) is 10.5. The van der Waals surface area contributed by atoms with Gasteiger partial charge in [0.25, 0.3) is 5.91 Å². The number of carbonyl (C=O) groups excluding carboxylic acids is 5. The minimum Gasteiger partial charge on any atom is -0.364 e. The van der Waals surface area contributed by atoms with E-state index in [1.54, 1.807) is 0 Å². The van der Waals surface area contributed by atoms with Crippen LogP contribution in [0.3, 0.4) is 0 Å². The van der Waals surface area contributed by atoms with Crippen molar-refractivity contribution < 1.29 is 24.0 Å². The first-order valence-corrected chi connectivity index (χ1v) is 13.9. The predicted molar refractivity (Wildman–Crippen MR) is 152 cm³/mol. The molecular formula is C26H41BN8O6. The average molecular weight is 572 g/mol. The smallest absolute Gasteiger partial charge is 0.344 e. The van der Waals surface area contributed by atoms with Crippen LogP contribution in [0, 0.1) is 5.92 Å². The van der Waals surface area contributed by atoms with Crippen LogP contribution >= 0.6 is 0 Å². The van der Waals surface area contributed by atoms with Gasteiger partial charge in [-0.1, -0.05) is 20.3 Å². The predicted octanol–water partition coefficient (Wildman–Crippen LogP) is -1.86. The number of aromatic nitrogens is 2. The maximum Gasteiger partial charge on any atom is 0.344 e. The number of H-pyrrole nitrogens is 1. The summed E-state index contributed by atoms with van der Waals surface area (Å²) in [6, 6.07) is -0.849. The summed E-state index contributed by atoms with van der Waals surface area (Å²) >= 11 is 0. The Morgan fingerprint density at radius 3 is 2.37 bits per heavy atom. The molecular weight excluding hydrogens is 531 g/mol. The van der Waals surface area contributed by atoms with Crippen molar-refractivity contribution in [3.05, 3.63) is 28.4 Å². The van der Waals surface area contributed by atoms with Crippen molar-refractivity contribution in [3.8, 4) is 0 Å². The maximum absolute atomic E-state index is 13.4. The Morgan fingerprint density at radius 1 is 1.05 bits per heavy atom. The minimum absolute atomic E-state index is 0.0517. The lowest BCUT2D eigenvalue weighted by atomic mass is 9.85. The van der Waals surface area contributed by atoms with E-state index in [0.717, 1.165) is 0 Å². The van der Waals surface area contributed by atoms with Gasteiger partial charge in [-0.15, -0.1) is 0 Å². The van der Waals surface area contributed by atoms with Crippen LogP contribution in [0.2, 0.25) is 0 Å². The number of carbonyl (C=O) groups is 5. The van der Waals surface area contributed by atoms with Crippen LogP contribution in [0.15, 0.2) is 17.2 Å². The summed E-state index contributed by atoms with van der Waals surface area (Å²) in [7, 11) is 7.23. The highest BCUT2D eigenvalue weighted by Crippen LogP contribution is 2.23. The van der Waals surface area contributed by atoms with Gasteiger partial charge in [0.15, 0.2) is 0 Å². The normalized spacial score (nSPS) is 15.4. The van der Waals surface area contributed by atoms with Crippen LogP contribution in [0.1, 0.15) is 62.7 Å². The largest absolute Gasteiger partial charge is 0.364 e. The Labute approximate surface area is 241 Å². The molecule has 2 rings (SSSR count). The lowest BCUT2D eigenvalue weighted by Gasteiger charge is -2.41. The van der Waals surface area contributed by atoms with E-state index in [0.29, 0.717) is 51.7 Å². The van der Waals surface area contributed by atoms with Gasteiger partial charge in [-0.05, 0) is 45.1 Å². The van der Waals surface area contributed by atoms with Gasteiger partial charge in [0.2, 0.25) is 23.6 Å². The summed E-state index contributed by atoms with van der Waals surface area (Å²) in [5.41, 5.74) is -1.49. The highest BCUT2D eigenvalue weighted by atomic mass is 16.2. The Morgan fingerprint density at radius 2 is 1.76 bits per heavy atom. The lowest BCUT2D eigenvalue weighted by molar-refractivity contribution is -0.138. The third-order valence-electron chi connectivity index (χ3n) is 6.91. The number of hydrogen-bond acceptors (Lipinski definition) is 8. The molecule has 0 aliphatic carbocycles. The van der Waals surface area contributed by atoms with E-state index in [-0.39, 0.29) is 42.7 Å². The number of likely N-dealkylation sites (tertiary alicyclic amines) is 1. The van der Waals surface area contributed by atoms with Crippen molar-refractivity contribution >= 4 is 37.4 Å². The zero-order valence-electron chi connectivity index (χ0n) is 24.0. The van der Waals surface area contributed by atoms with Crippen molar-refractivity contribution in [1.82, 2.24) is 41.5 Å². The number of piperidine rings is 1. The maximum atomic E-state index is 13.4. The van der Waals surface area contributed by atoms with E-state index >= 15 is 0 Å². The monoisotopic (exact) mass is 572 g/mol. The topological polar surface area (TPSA) is 194 Å². The molecule has 0 saturated carbocycles. The third kappa shape index (κ3) is 11.0. The van der Waals surface area contributed by atoms with E-state index in [4.69, 9.17) is 7.85 Å². The molecule has 224 valence electrons. The molecule has 5 amide bonds. The van der Waals surface area contributed by atoms with Gasteiger partial charge in [0.05, 0.1) is 20.0 Å². The number of amides is 5. The van der Waals surface area contributed by atoms with E-state index in [1.165, 1.54) is 12.4 Å². The molecule has 1 fully saturated rings. The van der Waals surface area contributed by atoms with Crippen molar-refractivity contribution in [2.75, 3.05) is 39.7 Å². The summed E-state index contributed by atoms with van der Waals surface area (Å²) in [6.07, 6.45) is 5.20. The molecule has 1 aromatic rings. The summed E-state index contributed by atoms with van der Waals surface area (Å²) < 4.78 is 0. The van der Waals surface area contributed by atoms with E-state index in [1.807, 2.05) is 25.8 Å². The second kappa shape index (κ2) is 16.5. The number of rotatable bonds is 15. The fourth-order valence-corrected chi connectivity index (χ4v) is 4.37. The third-order valence-corrected chi connectivity index (χ3v) is 6.91. The highest BCUT2D eigenvalue weighted by molar-refractivity contribution is 6.10. The molecule has 15 heteroatoms. The Bertz CT molecular complexity index is 1100. The number of aromatic amines is 1. The van der Waals surface area contributed by atoms with Gasteiger partial charge < -0.3 is 36.5 Å². The van der Waals surface area contributed by atoms with Crippen LogP contribution in [0.4, 0.5) is 0 Å². The quantitative estimate of drug-likeness (QED) is 0.104. The Kier molecular flexibility index (Phi) is 13.5. The molecule has 1 aliphatic rings. The molecule has 1 atom stereocenters. The van der Waals surface area contributed by atoms with E-state index in [9.17, 15) is 28.8 Å². The van der Waals surface area contributed by atoms with Gasteiger partial charge in [0.1, 0.15) is 11.6 Å². The number of hydrogen-bond donors (Lipinski definition) is 6. The highest BCUT2D eigenvalue weighted by Gasteiger charge is 2.43. The van der Waals surface area contributed by atoms with Crippen molar-refractivity contribution in [2.24, 2.45) is 5.92 Å². The molecule has 2 heterocycles. The molecule has 0 bridgehead atoms. The standard InChI is InChI=1S/C26H41BN8O6/c1-17(2)21(33-19(36)7-5-4-6-10-28-22(38)18-13-30-25(41)31-14-18)23(39)34-26(8-11-35(3)12-9-26)24(40)29-15-20(37)32-16-27/h13-14,17,21H,4-12,15-16H2,1-3H3,(H,28,38)(H,29,40)(H,32,37)(H,33,36)(H,34,39)(H,30,31,41)/t21-/m0/s1. The van der Waals surface area contributed by atoms with Gasteiger partial charge in [-0.25, -0.2) is 9.78 Å². The number of unbranched alkanes of at least 4 members (excludes halogenated alkanes) is 2. The first kappa shape index (κ1) is 33.5. The average Bonchev–Trinajstić information content (AvgIpc) is 2.93. The van der Waals surface area contributed by atoms with Crippen molar-refractivity contribution in [1.29, 1.82) is 0 Å². The Balaban J connectivity index is 1.85. The second-order valence-electron chi connectivity index (χ2n) is 10.5. The number of nitrogens with one attached hydrogen (secondary N) is 6. The van der Waals surface area contributed by atoms with Gasteiger partial charge >= 0.3 is 5.69 Å². The van der Waals surface area contributed by atoms with Gasteiger partial charge in [0, 0.05) is 38.4 Å². The van der Waals surface area contributed by atoms with Crippen molar-refractivity contribution in [2.45, 2.75) is 64.0 Å². The summed E-state index contributed by atoms with van der Waals surface area (Å²) in [5, 5.41) is 13.4. The van der Waals surface area contributed by atoms with E-state index in [2.05, 4.69) is 36.6 Å². The summed E-state index contributed by atoms with van der Waals surface area (Å²) in [5.74, 6) is -2.23. The van der Waals surface area contributed by atoms with Crippen molar-refractivity contribution in [3.63, 3.8) is 0 Å². The van der Waals surface area contributed by atoms with Crippen LogP contribution < -0.4 is 32.3 Å². The molecule has 1 aromatic heterocycles. The molecule has 0 aromatic carbocycles. The number of nitrogens with zero attached hydrogens (tertiary/aromatic N) is 2. The zero-order valence-corrected chi connectivity index (χ0v) is 24.0. The van der Waals surface area contributed by atoms with Crippen LogP contribution in [-0.2, 0) is 19.2 Å². The molecule has 41 heavy (non-hydrogen) atoms. The van der Waals surface area contributed by atoms with Crippen LogP contribution in [-0.4, -0.2) is 104 Å². The molecule has 2 radical (unpaired) electrons. The zero-order chi connectivity index (χ0) is 30.4. The first-order valence-electron chi connectivity index (χ1n) is 13.9. The first-order chi connectivity index (χ1) is 19.5. The molecule has 1 saturated heterocycles. The lowest BCUT2D eigenvalue weighted by Crippen LogP contribution is -2.66. The van der Waals surface area contributed by atoms with Gasteiger partial charge in [-0.3, -0.25) is 24.0 Å². The molecule has 6 N–H and O–H groups in total. The summed E-state index contributed by atoms with van der Waals surface area (Å²) in [4.78, 5) is 81.9. The van der Waals surface area contributed by atoms with Crippen LogP contribution in [0.25, 0.3) is 0 Å². The van der Waals surface area contributed by atoms with E-state index < -0.39 is 35.0 Å².